The van der Waals surface area contributed by atoms with Crippen LogP contribution < -0.4 is 10.9 Å². The number of hydrogen-bond acceptors (Lipinski definition) is 5. The molecule has 4 rings (SSSR count). The molecule has 0 saturated carbocycles. The van der Waals surface area contributed by atoms with Gasteiger partial charge in [0.1, 0.15) is 4.70 Å². The molecule has 152 valence electrons. The van der Waals surface area contributed by atoms with E-state index in [1.165, 1.54) is 23.1 Å². The van der Waals surface area contributed by atoms with Crippen LogP contribution in [0.2, 0.25) is 5.02 Å². The number of hydrogen-bond donors (Lipinski definition) is 1. The Balaban J connectivity index is 1.56. The molecule has 0 bridgehead atoms. The van der Waals surface area contributed by atoms with Gasteiger partial charge in [-0.25, -0.2) is 4.98 Å². The number of amides is 1. The van der Waals surface area contributed by atoms with Crippen molar-refractivity contribution in [2.24, 2.45) is 0 Å². The van der Waals surface area contributed by atoms with Crippen LogP contribution in [0.3, 0.4) is 0 Å². The summed E-state index contributed by atoms with van der Waals surface area (Å²) in [4.78, 5) is 30.1. The summed E-state index contributed by atoms with van der Waals surface area (Å²) in [5, 5.41) is 5.79. The lowest BCUT2D eigenvalue weighted by Gasteiger charge is -2.12. The van der Waals surface area contributed by atoms with Crippen LogP contribution in [-0.2, 0) is 11.3 Å². The standard InChI is InChI=1S/C21H15BrClN3O2S2/c22-14-5-7-15(8-6-14)26-20(28)19-17(9-10-29-19)25-21(26)30-12-18(27)24-11-13-3-1-2-4-16(13)23/h1-10H,11-12H2,(H,24,27). The van der Waals surface area contributed by atoms with Gasteiger partial charge < -0.3 is 5.32 Å². The molecule has 4 aromatic rings. The second kappa shape index (κ2) is 9.34. The number of nitrogens with zero attached hydrogens (tertiary/aromatic N) is 2. The van der Waals surface area contributed by atoms with Crippen molar-refractivity contribution >= 4 is 66.8 Å². The summed E-state index contributed by atoms with van der Waals surface area (Å²) in [5.41, 5.74) is 2.04. The van der Waals surface area contributed by atoms with E-state index in [1.807, 2.05) is 53.9 Å². The number of aromatic nitrogens is 2. The van der Waals surface area contributed by atoms with Crippen molar-refractivity contribution < 1.29 is 4.79 Å². The van der Waals surface area contributed by atoms with Crippen LogP contribution in [0.25, 0.3) is 15.9 Å². The van der Waals surface area contributed by atoms with E-state index >= 15 is 0 Å². The fourth-order valence-electron chi connectivity index (χ4n) is 2.82. The van der Waals surface area contributed by atoms with Gasteiger partial charge in [0.2, 0.25) is 5.91 Å². The molecule has 0 atom stereocenters. The highest BCUT2D eigenvalue weighted by Crippen LogP contribution is 2.24. The molecule has 9 heteroatoms. The van der Waals surface area contributed by atoms with Crippen molar-refractivity contribution in [3.8, 4) is 5.69 Å². The zero-order valence-electron chi connectivity index (χ0n) is 15.5. The Bertz CT molecular complexity index is 1270. The topological polar surface area (TPSA) is 64.0 Å². The largest absolute Gasteiger partial charge is 0.351 e. The van der Waals surface area contributed by atoms with Crippen molar-refractivity contribution in [1.29, 1.82) is 0 Å². The van der Waals surface area contributed by atoms with Gasteiger partial charge in [0.05, 0.1) is 17.0 Å². The molecular weight excluding hydrogens is 506 g/mol. The predicted octanol–water partition coefficient (Wildman–Crippen LogP) is 5.27. The predicted molar refractivity (Wildman–Crippen MR) is 127 cm³/mol. The number of thioether (sulfide) groups is 1. The third-order valence-electron chi connectivity index (χ3n) is 4.30. The Kier molecular flexibility index (Phi) is 6.58. The minimum atomic E-state index is -0.165. The van der Waals surface area contributed by atoms with Gasteiger partial charge in [-0.05, 0) is 47.3 Å². The molecule has 2 heterocycles. The number of nitrogens with one attached hydrogen (secondary N) is 1. The number of benzene rings is 2. The summed E-state index contributed by atoms with van der Waals surface area (Å²) in [6, 6.07) is 16.6. The number of rotatable bonds is 6. The molecule has 0 spiro atoms. The van der Waals surface area contributed by atoms with Gasteiger partial charge in [-0.2, -0.15) is 0 Å². The van der Waals surface area contributed by atoms with E-state index in [0.717, 1.165) is 10.0 Å². The number of halogens is 2. The molecule has 1 N–H and O–H groups in total. The van der Waals surface area contributed by atoms with Crippen LogP contribution in [0, 0.1) is 0 Å². The third kappa shape index (κ3) is 4.62. The molecular formula is C21H15BrClN3O2S2. The van der Waals surface area contributed by atoms with Gasteiger partial charge >= 0.3 is 0 Å². The van der Waals surface area contributed by atoms with E-state index in [1.54, 1.807) is 10.6 Å². The fourth-order valence-corrected chi connectivity index (χ4v) is 4.89. The fraction of sp³-hybridized carbons (Fsp3) is 0.0952. The normalized spacial score (nSPS) is 11.0. The molecule has 5 nitrogen and oxygen atoms in total. The number of fused-ring (bicyclic) bond motifs is 1. The number of carbonyl (C=O) groups is 1. The molecule has 0 fully saturated rings. The molecule has 30 heavy (non-hydrogen) atoms. The maximum Gasteiger partial charge on any atom is 0.276 e. The summed E-state index contributed by atoms with van der Waals surface area (Å²) >= 11 is 12.1. The molecule has 2 aromatic heterocycles. The third-order valence-corrected chi connectivity index (χ3v) is 7.03. The first-order valence-corrected chi connectivity index (χ1v) is 12.0. The second-order valence-corrected chi connectivity index (χ2v) is 9.48. The molecule has 0 aliphatic carbocycles. The number of thiophene rings is 1. The first-order valence-electron chi connectivity index (χ1n) is 8.92. The van der Waals surface area contributed by atoms with E-state index in [4.69, 9.17) is 11.6 Å². The van der Waals surface area contributed by atoms with Crippen LogP contribution >= 0.6 is 50.6 Å². The van der Waals surface area contributed by atoms with Crippen molar-refractivity contribution in [3.05, 3.63) is 85.4 Å². The lowest BCUT2D eigenvalue weighted by molar-refractivity contribution is -0.118. The Morgan fingerprint density at radius 1 is 1.17 bits per heavy atom. The van der Waals surface area contributed by atoms with Gasteiger partial charge in [0.25, 0.3) is 5.56 Å². The summed E-state index contributed by atoms with van der Waals surface area (Å²) in [6.45, 7) is 0.343. The van der Waals surface area contributed by atoms with Gasteiger partial charge in [0.15, 0.2) is 5.16 Å². The maximum absolute atomic E-state index is 13.1. The summed E-state index contributed by atoms with van der Waals surface area (Å²) in [7, 11) is 0. The average molecular weight is 521 g/mol. The highest BCUT2D eigenvalue weighted by molar-refractivity contribution is 9.10. The van der Waals surface area contributed by atoms with Crippen molar-refractivity contribution in [2.75, 3.05) is 5.75 Å². The SMILES string of the molecule is O=C(CSc1nc2ccsc2c(=O)n1-c1ccc(Br)cc1)NCc1ccccc1Cl. The molecule has 0 aliphatic rings. The molecule has 1 amide bonds. The van der Waals surface area contributed by atoms with Crippen molar-refractivity contribution in [1.82, 2.24) is 14.9 Å². The minimum absolute atomic E-state index is 0.128. The molecule has 2 aromatic carbocycles. The summed E-state index contributed by atoms with van der Waals surface area (Å²) in [6.07, 6.45) is 0. The smallest absolute Gasteiger partial charge is 0.276 e. The molecule has 0 unspecified atom stereocenters. The molecule has 0 saturated heterocycles. The van der Waals surface area contributed by atoms with Crippen LogP contribution in [0.4, 0.5) is 0 Å². The summed E-state index contributed by atoms with van der Waals surface area (Å²) in [5.74, 6) is -0.0368. The Morgan fingerprint density at radius 3 is 2.70 bits per heavy atom. The van der Waals surface area contributed by atoms with Crippen LogP contribution in [0.15, 0.2) is 74.4 Å². The van der Waals surface area contributed by atoms with Crippen LogP contribution in [0.1, 0.15) is 5.56 Å². The molecule has 0 radical (unpaired) electrons. The maximum atomic E-state index is 13.1. The zero-order valence-corrected chi connectivity index (χ0v) is 19.4. The van der Waals surface area contributed by atoms with E-state index in [2.05, 4.69) is 26.2 Å². The van der Waals surface area contributed by atoms with E-state index in [0.29, 0.717) is 32.6 Å². The zero-order chi connectivity index (χ0) is 21.1. The Labute approximate surface area is 194 Å². The molecule has 0 aliphatic heterocycles. The lowest BCUT2D eigenvalue weighted by Crippen LogP contribution is -2.26. The lowest BCUT2D eigenvalue weighted by atomic mass is 10.2. The first kappa shape index (κ1) is 21.1. The Morgan fingerprint density at radius 2 is 1.93 bits per heavy atom. The van der Waals surface area contributed by atoms with Crippen LogP contribution in [-0.4, -0.2) is 21.2 Å². The average Bonchev–Trinajstić information content (AvgIpc) is 3.22. The minimum Gasteiger partial charge on any atom is -0.351 e. The first-order chi connectivity index (χ1) is 14.5. The van der Waals surface area contributed by atoms with E-state index < -0.39 is 0 Å². The van der Waals surface area contributed by atoms with Gasteiger partial charge in [-0.1, -0.05) is 57.5 Å². The van der Waals surface area contributed by atoms with Crippen LogP contribution in [0.5, 0.6) is 0 Å². The van der Waals surface area contributed by atoms with E-state index in [-0.39, 0.29) is 17.2 Å². The van der Waals surface area contributed by atoms with Gasteiger partial charge in [-0.15, -0.1) is 11.3 Å². The van der Waals surface area contributed by atoms with E-state index in [9.17, 15) is 9.59 Å². The Hall–Kier alpha value is -2.13. The van der Waals surface area contributed by atoms with Gasteiger partial charge in [-0.3, -0.25) is 14.2 Å². The second-order valence-electron chi connectivity index (χ2n) is 6.30. The highest BCUT2D eigenvalue weighted by atomic mass is 79.9. The van der Waals surface area contributed by atoms with Crippen molar-refractivity contribution in [2.45, 2.75) is 11.7 Å². The quantitative estimate of drug-likeness (QED) is 0.278. The van der Waals surface area contributed by atoms with Gasteiger partial charge in [0, 0.05) is 16.0 Å². The summed E-state index contributed by atoms with van der Waals surface area (Å²) < 4.78 is 3.06. The van der Waals surface area contributed by atoms with Crippen molar-refractivity contribution in [3.63, 3.8) is 0 Å². The number of carbonyl (C=O) groups excluding carboxylic acids is 1. The monoisotopic (exact) mass is 519 g/mol. The highest BCUT2D eigenvalue weighted by Gasteiger charge is 2.16.